The predicted molar refractivity (Wildman–Crippen MR) is 75.0 cm³/mol. The molecular formula is C15H13ClN2. The molecule has 0 aliphatic rings. The van der Waals surface area contributed by atoms with E-state index in [4.69, 9.17) is 11.6 Å². The zero-order valence-electron chi connectivity index (χ0n) is 10.1. The molecule has 0 atom stereocenters. The molecule has 0 aliphatic heterocycles. The lowest BCUT2D eigenvalue weighted by atomic mass is 10.2. The minimum absolute atomic E-state index is 0.715. The highest BCUT2D eigenvalue weighted by Crippen LogP contribution is 2.21. The van der Waals surface area contributed by atoms with Crippen LogP contribution in [-0.2, 0) is 6.54 Å². The van der Waals surface area contributed by atoms with Crippen LogP contribution in [0.1, 0.15) is 11.1 Å². The summed E-state index contributed by atoms with van der Waals surface area (Å²) in [5.41, 5.74) is 3.59. The first kappa shape index (κ1) is 11.3. The molecule has 0 unspecified atom stereocenters. The van der Waals surface area contributed by atoms with Gasteiger partial charge in [-0.25, -0.2) is 0 Å². The fraction of sp³-hybridized carbons (Fsp3) is 0.133. The summed E-state index contributed by atoms with van der Waals surface area (Å²) < 4.78 is 2.21. The number of nitrogens with zero attached hydrogens (tertiary/aromatic N) is 2. The molecule has 1 aromatic carbocycles. The van der Waals surface area contributed by atoms with Crippen molar-refractivity contribution in [2.24, 2.45) is 0 Å². The van der Waals surface area contributed by atoms with Crippen molar-refractivity contribution in [1.29, 1.82) is 0 Å². The first-order valence-electron chi connectivity index (χ1n) is 5.88. The number of rotatable bonds is 2. The summed E-state index contributed by atoms with van der Waals surface area (Å²) in [6.07, 6.45) is 5.56. The molecule has 0 saturated carbocycles. The summed E-state index contributed by atoms with van der Waals surface area (Å²) in [7, 11) is 0. The van der Waals surface area contributed by atoms with Gasteiger partial charge in [-0.1, -0.05) is 23.7 Å². The number of fused-ring (bicyclic) bond motifs is 1. The van der Waals surface area contributed by atoms with Crippen molar-refractivity contribution < 1.29 is 0 Å². The van der Waals surface area contributed by atoms with Crippen molar-refractivity contribution >= 4 is 22.5 Å². The van der Waals surface area contributed by atoms with E-state index in [1.54, 1.807) is 12.4 Å². The van der Waals surface area contributed by atoms with Crippen molar-refractivity contribution in [2.45, 2.75) is 13.5 Å². The van der Waals surface area contributed by atoms with E-state index in [0.717, 1.165) is 12.1 Å². The number of pyridine rings is 1. The Morgan fingerprint density at radius 2 is 2.11 bits per heavy atom. The second-order valence-electron chi connectivity index (χ2n) is 4.47. The second-order valence-corrected chi connectivity index (χ2v) is 4.88. The number of benzene rings is 1. The molecule has 0 fully saturated rings. The van der Waals surface area contributed by atoms with E-state index in [1.807, 2.05) is 6.07 Å². The van der Waals surface area contributed by atoms with E-state index in [1.165, 1.54) is 16.5 Å². The van der Waals surface area contributed by atoms with Crippen molar-refractivity contribution in [3.63, 3.8) is 0 Å². The maximum Gasteiger partial charge on any atom is 0.0639 e. The molecule has 3 aromatic rings. The van der Waals surface area contributed by atoms with E-state index in [2.05, 4.69) is 46.9 Å². The van der Waals surface area contributed by atoms with Gasteiger partial charge in [0.1, 0.15) is 0 Å². The summed E-state index contributed by atoms with van der Waals surface area (Å²) >= 11 is 6.15. The predicted octanol–water partition coefficient (Wildman–Crippen LogP) is 4.05. The molecule has 0 radical (unpaired) electrons. The molecule has 0 amide bonds. The van der Waals surface area contributed by atoms with Gasteiger partial charge in [0.2, 0.25) is 0 Å². The van der Waals surface area contributed by atoms with Crippen LogP contribution in [0.25, 0.3) is 10.9 Å². The lowest BCUT2D eigenvalue weighted by Gasteiger charge is -2.07. The monoisotopic (exact) mass is 256 g/mol. The van der Waals surface area contributed by atoms with Gasteiger partial charge < -0.3 is 4.57 Å². The van der Waals surface area contributed by atoms with Crippen LogP contribution in [0.4, 0.5) is 0 Å². The third-order valence-corrected chi connectivity index (χ3v) is 3.47. The van der Waals surface area contributed by atoms with Crippen LogP contribution < -0.4 is 0 Å². The van der Waals surface area contributed by atoms with Gasteiger partial charge in [-0.2, -0.15) is 0 Å². The molecule has 0 saturated heterocycles. The van der Waals surface area contributed by atoms with E-state index >= 15 is 0 Å². The van der Waals surface area contributed by atoms with Crippen molar-refractivity contribution in [1.82, 2.24) is 9.55 Å². The summed E-state index contributed by atoms with van der Waals surface area (Å²) in [6.45, 7) is 2.88. The Bertz CT molecular complexity index is 701. The average Bonchev–Trinajstić information content (AvgIpc) is 2.75. The molecule has 90 valence electrons. The summed E-state index contributed by atoms with van der Waals surface area (Å²) in [5.74, 6) is 0. The number of aromatic nitrogens is 2. The lowest BCUT2D eigenvalue weighted by molar-refractivity contribution is 0.834. The smallest absolute Gasteiger partial charge is 0.0639 e. The SMILES string of the molecule is Cc1ccc2ccn(Cc3ccncc3Cl)c2c1. The van der Waals surface area contributed by atoms with Crippen molar-refractivity contribution in [2.75, 3.05) is 0 Å². The van der Waals surface area contributed by atoms with Gasteiger partial charge in [0.15, 0.2) is 0 Å². The van der Waals surface area contributed by atoms with Gasteiger partial charge in [0, 0.05) is 30.7 Å². The number of hydrogen-bond donors (Lipinski definition) is 0. The van der Waals surface area contributed by atoms with Crippen molar-refractivity contribution in [3.8, 4) is 0 Å². The van der Waals surface area contributed by atoms with Crippen LogP contribution in [-0.4, -0.2) is 9.55 Å². The molecule has 0 N–H and O–H groups in total. The molecule has 18 heavy (non-hydrogen) atoms. The van der Waals surface area contributed by atoms with Gasteiger partial charge in [0.25, 0.3) is 0 Å². The quantitative estimate of drug-likeness (QED) is 0.676. The Hall–Kier alpha value is -1.80. The molecule has 2 nitrogen and oxygen atoms in total. The van der Waals surface area contributed by atoms with Gasteiger partial charge >= 0.3 is 0 Å². The Labute approximate surface area is 111 Å². The standard InChI is InChI=1S/C15H13ClN2/c1-11-2-3-12-5-7-18(15(12)8-11)10-13-4-6-17-9-14(13)16/h2-9H,10H2,1H3. The third kappa shape index (κ3) is 2.00. The Balaban J connectivity index is 2.05. The highest BCUT2D eigenvalue weighted by atomic mass is 35.5. The number of hydrogen-bond acceptors (Lipinski definition) is 1. The average molecular weight is 257 g/mol. The normalized spacial score (nSPS) is 11.0. The largest absolute Gasteiger partial charge is 0.343 e. The van der Waals surface area contributed by atoms with Crippen LogP contribution in [0.3, 0.4) is 0 Å². The van der Waals surface area contributed by atoms with Crippen LogP contribution in [0.5, 0.6) is 0 Å². The van der Waals surface area contributed by atoms with E-state index in [0.29, 0.717) is 5.02 Å². The zero-order chi connectivity index (χ0) is 12.5. The fourth-order valence-corrected chi connectivity index (χ4v) is 2.33. The highest BCUT2D eigenvalue weighted by Gasteiger charge is 2.04. The molecule has 0 spiro atoms. The Morgan fingerprint density at radius 1 is 1.22 bits per heavy atom. The first-order valence-corrected chi connectivity index (χ1v) is 6.26. The molecule has 0 aliphatic carbocycles. The van der Waals surface area contributed by atoms with Crippen LogP contribution in [0.15, 0.2) is 48.9 Å². The zero-order valence-corrected chi connectivity index (χ0v) is 10.9. The Morgan fingerprint density at radius 3 is 2.94 bits per heavy atom. The molecular weight excluding hydrogens is 244 g/mol. The summed E-state index contributed by atoms with van der Waals surface area (Å²) in [6, 6.07) is 10.6. The summed E-state index contributed by atoms with van der Waals surface area (Å²) in [4.78, 5) is 4.01. The minimum atomic E-state index is 0.715. The van der Waals surface area contributed by atoms with Crippen LogP contribution in [0, 0.1) is 6.92 Å². The molecule has 2 aromatic heterocycles. The number of halogens is 1. The maximum absolute atomic E-state index is 6.15. The maximum atomic E-state index is 6.15. The van der Waals surface area contributed by atoms with Crippen molar-refractivity contribution in [3.05, 3.63) is 65.1 Å². The molecule has 3 rings (SSSR count). The van der Waals surface area contributed by atoms with Gasteiger partial charge in [-0.3, -0.25) is 4.98 Å². The summed E-state index contributed by atoms with van der Waals surface area (Å²) in [5, 5.41) is 1.97. The van der Waals surface area contributed by atoms with E-state index < -0.39 is 0 Å². The highest BCUT2D eigenvalue weighted by molar-refractivity contribution is 6.31. The third-order valence-electron chi connectivity index (χ3n) is 3.13. The van der Waals surface area contributed by atoms with Crippen LogP contribution >= 0.6 is 11.6 Å². The fourth-order valence-electron chi connectivity index (χ4n) is 2.15. The molecule has 3 heteroatoms. The Kier molecular flexibility index (Phi) is 2.80. The topological polar surface area (TPSA) is 17.8 Å². The molecule has 2 heterocycles. The lowest BCUT2D eigenvalue weighted by Crippen LogP contribution is -1.98. The van der Waals surface area contributed by atoms with Gasteiger partial charge in [0.05, 0.1) is 5.02 Å². The minimum Gasteiger partial charge on any atom is -0.343 e. The second kappa shape index (κ2) is 4.46. The van der Waals surface area contributed by atoms with Gasteiger partial charge in [-0.15, -0.1) is 0 Å². The molecule has 0 bridgehead atoms. The number of aryl methyl sites for hydroxylation is 1. The van der Waals surface area contributed by atoms with E-state index in [-0.39, 0.29) is 0 Å². The van der Waals surface area contributed by atoms with Crippen LogP contribution in [0.2, 0.25) is 5.02 Å². The first-order chi connectivity index (χ1) is 8.74. The van der Waals surface area contributed by atoms with Gasteiger partial charge in [-0.05, 0) is 41.6 Å². The van der Waals surface area contributed by atoms with E-state index in [9.17, 15) is 0 Å².